The Bertz CT molecular complexity index is 623. The highest BCUT2D eigenvalue weighted by Gasteiger charge is 2.11. The van der Waals surface area contributed by atoms with Gasteiger partial charge in [0.05, 0.1) is 5.56 Å². The van der Waals surface area contributed by atoms with Gasteiger partial charge < -0.3 is 10.6 Å². The zero-order valence-electron chi connectivity index (χ0n) is 12.2. The van der Waals surface area contributed by atoms with Gasteiger partial charge in [-0.25, -0.2) is 0 Å². The van der Waals surface area contributed by atoms with Gasteiger partial charge in [0, 0.05) is 21.5 Å². The number of benzene rings is 2. The number of rotatable bonds is 5. The molecule has 0 aliphatic carbocycles. The first-order valence-corrected chi connectivity index (χ1v) is 8.09. The van der Waals surface area contributed by atoms with Crippen molar-refractivity contribution >= 4 is 39.9 Å². The van der Waals surface area contributed by atoms with Crippen LogP contribution in [0.1, 0.15) is 29.3 Å². The number of anilines is 2. The van der Waals surface area contributed by atoms with E-state index in [0.29, 0.717) is 5.56 Å². The van der Waals surface area contributed by atoms with Crippen molar-refractivity contribution in [1.29, 1.82) is 0 Å². The molecule has 2 N–H and O–H groups in total. The summed E-state index contributed by atoms with van der Waals surface area (Å²) < 4.78 is 1.14. The Morgan fingerprint density at radius 3 is 2.52 bits per heavy atom. The average Bonchev–Trinajstić information content (AvgIpc) is 2.47. The maximum Gasteiger partial charge on any atom is 0.257 e. The van der Waals surface area contributed by atoms with Gasteiger partial charge in [-0.1, -0.05) is 13.0 Å². The van der Waals surface area contributed by atoms with E-state index in [1.165, 1.54) is 0 Å². The molecule has 0 heterocycles. The van der Waals surface area contributed by atoms with Crippen LogP contribution in [0.2, 0.25) is 0 Å². The van der Waals surface area contributed by atoms with E-state index in [1.807, 2.05) is 49.4 Å². The van der Waals surface area contributed by atoms with E-state index in [0.717, 1.165) is 33.5 Å². The average molecular weight is 394 g/mol. The minimum atomic E-state index is -0.0881. The summed E-state index contributed by atoms with van der Waals surface area (Å²) in [6.07, 6.45) is 1.02. The van der Waals surface area contributed by atoms with E-state index in [4.69, 9.17) is 0 Å². The van der Waals surface area contributed by atoms with Gasteiger partial charge in [0.15, 0.2) is 0 Å². The maximum atomic E-state index is 12.4. The largest absolute Gasteiger partial charge is 0.384 e. The highest BCUT2D eigenvalue weighted by atomic mass is 127. The summed E-state index contributed by atoms with van der Waals surface area (Å²) in [5, 5.41) is 6.26. The van der Waals surface area contributed by atoms with Crippen LogP contribution in [-0.4, -0.2) is 12.5 Å². The third kappa shape index (κ3) is 4.46. The SMILES string of the molecule is CCCNc1cc(C)ccc1C(=O)Nc1ccc(I)cc1. The molecule has 4 heteroatoms. The summed E-state index contributed by atoms with van der Waals surface area (Å²) in [5.74, 6) is -0.0881. The smallest absolute Gasteiger partial charge is 0.257 e. The predicted molar refractivity (Wildman–Crippen MR) is 97.1 cm³/mol. The molecule has 2 rings (SSSR count). The van der Waals surface area contributed by atoms with Crippen LogP contribution in [0.15, 0.2) is 42.5 Å². The Kier molecular flexibility index (Phi) is 5.61. The number of aryl methyl sites for hydroxylation is 1. The van der Waals surface area contributed by atoms with Crippen molar-refractivity contribution in [3.05, 3.63) is 57.2 Å². The number of carbonyl (C=O) groups is 1. The van der Waals surface area contributed by atoms with E-state index in [9.17, 15) is 4.79 Å². The van der Waals surface area contributed by atoms with Gasteiger partial charge in [-0.15, -0.1) is 0 Å². The molecule has 0 spiro atoms. The summed E-state index contributed by atoms with van der Waals surface area (Å²) in [7, 11) is 0. The van der Waals surface area contributed by atoms with Crippen LogP contribution < -0.4 is 10.6 Å². The predicted octanol–water partition coefficient (Wildman–Crippen LogP) is 4.67. The van der Waals surface area contributed by atoms with E-state index in [-0.39, 0.29) is 5.91 Å². The minimum absolute atomic E-state index is 0.0881. The second-order valence-corrected chi connectivity index (χ2v) is 6.18. The van der Waals surface area contributed by atoms with Gasteiger partial charge in [0.25, 0.3) is 5.91 Å². The van der Waals surface area contributed by atoms with Crippen molar-refractivity contribution in [2.75, 3.05) is 17.2 Å². The fourth-order valence-electron chi connectivity index (χ4n) is 1.99. The van der Waals surface area contributed by atoms with E-state index < -0.39 is 0 Å². The second kappa shape index (κ2) is 7.45. The van der Waals surface area contributed by atoms with Crippen molar-refractivity contribution in [3.63, 3.8) is 0 Å². The highest BCUT2D eigenvalue weighted by Crippen LogP contribution is 2.20. The van der Waals surface area contributed by atoms with Gasteiger partial charge in [0.2, 0.25) is 0 Å². The van der Waals surface area contributed by atoms with Crippen molar-refractivity contribution in [1.82, 2.24) is 0 Å². The fourth-order valence-corrected chi connectivity index (χ4v) is 2.35. The molecule has 2 aromatic carbocycles. The Hall–Kier alpha value is -1.56. The first-order chi connectivity index (χ1) is 10.1. The van der Waals surface area contributed by atoms with Crippen LogP contribution in [0.4, 0.5) is 11.4 Å². The molecule has 3 nitrogen and oxygen atoms in total. The first-order valence-electron chi connectivity index (χ1n) is 7.01. The molecular weight excluding hydrogens is 375 g/mol. The molecule has 0 bridgehead atoms. The summed E-state index contributed by atoms with van der Waals surface area (Å²) in [6.45, 7) is 4.99. The highest BCUT2D eigenvalue weighted by molar-refractivity contribution is 14.1. The van der Waals surface area contributed by atoms with Crippen molar-refractivity contribution in [2.24, 2.45) is 0 Å². The van der Waals surface area contributed by atoms with Crippen molar-refractivity contribution < 1.29 is 4.79 Å². The number of amides is 1. The van der Waals surface area contributed by atoms with Crippen LogP contribution in [0, 0.1) is 10.5 Å². The van der Waals surface area contributed by atoms with Gasteiger partial charge in [0.1, 0.15) is 0 Å². The van der Waals surface area contributed by atoms with Gasteiger partial charge >= 0.3 is 0 Å². The van der Waals surface area contributed by atoms with Gasteiger partial charge in [-0.05, 0) is 77.9 Å². The Morgan fingerprint density at radius 1 is 1.14 bits per heavy atom. The number of halogens is 1. The molecule has 0 aliphatic heterocycles. The third-order valence-corrected chi connectivity index (χ3v) is 3.81. The molecule has 0 aromatic heterocycles. The summed E-state index contributed by atoms with van der Waals surface area (Å²) in [5.41, 5.74) is 3.51. The molecule has 0 unspecified atom stereocenters. The van der Waals surface area contributed by atoms with Gasteiger partial charge in [-0.3, -0.25) is 4.79 Å². The molecule has 0 atom stereocenters. The fraction of sp³-hybridized carbons (Fsp3) is 0.235. The summed E-state index contributed by atoms with van der Waals surface area (Å²) in [4.78, 5) is 12.4. The second-order valence-electron chi connectivity index (χ2n) is 4.94. The molecule has 0 fully saturated rings. The van der Waals surface area contributed by atoms with Crippen LogP contribution in [-0.2, 0) is 0 Å². The quantitative estimate of drug-likeness (QED) is 0.724. The standard InChI is InChI=1S/C17H19IN2O/c1-3-10-19-16-11-12(2)4-9-15(16)17(21)20-14-7-5-13(18)6-8-14/h4-9,11,19H,3,10H2,1-2H3,(H,20,21). The molecule has 0 saturated carbocycles. The molecular formula is C17H19IN2O. The number of hydrogen-bond acceptors (Lipinski definition) is 2. The van der Waals surface area contributed by atoms with Crippen LogP contribution >= 0.6 is 22.6 Å². The number of nitrogens with one attached hydrogen (secondary N) is 2. The lowest BCUT2D eigenvalue weighted by atomic mass is 10.1. The third-order valence-electron chi connectivity index (χ3n) is 3.09. The summed E-state index contributed by atoms with van der Waals surface area (Å²) >= 11 is 2.24. The monoisotopic (exact) mass is 394 g/mol. The molecule has 0 radical (unpaired) electrons. The Balaban J connectivity index is 2.19. The van der Waals surface area contributed by atoms with Crippen LogP contribution in [0.3, 0.4) is 0 Å². The lowest BCUT2D eigenvalue weighted by Gasteiger charge is -2.13. The lowest BCUT2D eigenvalue weighted by Crippen LogP contribution is -2.15. The first kappa shape index (κ1) is 15.8. The zero-order valence-corrected chi connectivity index (χ0v) is 14.4. The molecule has 0 saturated heterocycles. The van der Waals surface area contributed by atoms with Crippen molar-refractivity contribution in [3.8, 4) is 0 Å². The van der Waals surface area contributed by atoms with E-state index in [1.54, 1.807) is 0 Å². The molecule has 2 aromatic rings. The van der Waals surface area contributed by atoms with Gasteiger partial charge in [-0.2, -0.15) is 0 Å². The van der Waals surface area contributed by atoms with Crippen LogP contribution in [0.25, 0.3) is 0 Å². The summed E-state index contributed by atoms with van der Waals surface area (Å²) in [6, 6.07) is 13.6. The topological polar surface area (TPSA) is 41.1 Å². The lowest BCUT2D eigenvalue weighted by molar-refractivity contribution is 0.102. The minimum Gasteiger partial charge on any atom is -0.384 e. The maximum absolute atomic E-state index is 12.4. The van der Waals surface area contributed by atoms with Crippen LogP contribution in [0.5, 0.6) is 0 Å². The number of carbonyl (C=O) groups excluding carboxylic acids is 1. The molecule has 21 heavy (non-hydrogen) atoms. The zero-order chi connectivity index (χ0) is 15.2. The molecule has 1 amide bonds. The molecule has 110 valence electrons. The normalized spacial score (nSPS) is 10.2. The number of hydrogen-bond donors (Lipinski definition) is 2. The Labute approximate surface area is 139 Å². The molecule has 0 aliphatic rings. The van der Waals surface area contributed by atoms with Crippen molar-refractivity contribution in [2.45, 2.75) is 20.3 Å². The van der Waals surface area contributed by atoms with E-state index >= 15 is 0 Å². The Morgan fingerprint density at radius 2 is 1.86 bits per heavy atom. The van der Waals surface area contributed by atoms with E-state index in [2.05, 4.69) is 40.1 Å².